The Hall–Kier alpha value is -4.01. The van der Waals surface area contributed by atoms with Crippen LogP contribution in [0.25, 0.3) is 10.8 Å². The first-order chi connectivity index (χ1) is 13.5. The Morgan fingerprint density at radius 1 is 1.14 bits per heavy atom. The zero-order chi connectivity index (χ0) is 20.1. The number of nitrogens with zero attached hydrogens (tertiary/aromatic N) is 2. The predicted octanol–water partition coefficient (Wildman–Crippen LogP) is 1.62. The van der Waals surface area contributed by atoms with Gasteiger partial charge in [-0.2, -0.15) is 10.2 Å². The quantitative estimate of drug-likeness (QED) is 0.300. The molecule has 0 fully saturated rings. The fraction of sp³-hybridized carbons (Fsp3) is 0.105. The Kier molecular flexibility index (Phi) is 5.45. The van der Waals surface area contributed by atoms with Crippen LogP contribution >= 0.6 is 0 Å². The number of esters is 1. The number of ether oxygens (including phenoxy) is 2. The number of hydrogen-bond donors (Lipinski definition) is 2. The van der Waals surface area contributed by atoms with Gasteiger partial charge in [-0.25, -0.2) is 10.5 Å². The van der Waals surface area contributed by atoms with E-state index in [2.05, 4.69) is 20.7 Å². The largest absolute Gasteiger partial charge is 0.493 e. The fourth-order valence-corrected chi connectivity index (χ4v) is 2.51. The molecule has 0 aliphatic carbocycles. The number of carbonyl (C=O) groups is 2. The number of benzene rings is 2. The summed E-state index contributed by atoms with van der Waals surface area (Å²) in [7, 11) is 1.44. The summed E-state index contributed by atoms with van der Waals surface area (Å²) in [6.07, 6.45) is 1.39. The van der Waals surface area contributed by atoms with E-state index in [4.69, 9.17) is 9.47 Å². The number of rotatable bonds is 5. The summed E-state index contributed by atoms with van der Waals surface area (Å²) < 4.78 is 10.2. The second-order valence-corrected chi connectivity index (χ2v) is 5.65. The number of methoxy groups -OCH3 is 1. The first-order valence-electron chi connectivity index (χ1n) is 8.17. The summed E-state index contributed by atoms with van der Waals surface area (Å²) >= 11 is 0. The summed E-state index contributed by atoms with van der Waals surface area (Å²) in [5, 5.41) is 10.8. The van der Waals surface area contributed by atoms with Crippen molar-refractivity contribution < 1.29 is 19.1 Å². The van der Waals surface area contributed by atoms with Gasteiger partial charge in [0, 0.05) is 12.3 Å². The van der Waals surface area contributed by atoms with Gasteiger partial charge in [-0.15, -0.1) is 0 Å². The van der Waals surface area contributed by atoms with E-state index in [1.807, 2.05) is 0 Å². The van der Waals surface area contributed by atoms with Crippen LogP contribution in [0.15, 0.2) is 52.4 Å². The summed E-state index contributed by atoms with van der Waals surface area (Å²) in [6, 6.07) is 11.4. The molecular formula is C19H16N4O5. The van der Waals surface area contributed by atoms with Crippen LogP contribution in [0.4, 0.5) is 0 Å². The van der Waals surface area contributed by atoms with E-state index >= 15 is 0 Å². The number of H-pyrrole nitrogens is 1. The van der Waals surface area contributed by atoms with Crippen molar-refractivity contribution in [1.29, 1.82) is 0 Å². The molecule has 1 aromatic heterocycles. The highest BCUT2D eigenvalue weighted by molar-refractivity contribution is 6.04. The summed E-state index contributed by atoms with van der Waals surface area (Å²) in [5.74, 6) is -0.418. The molecule has 9 nitrogen and oxygen atoms in total. The van der Waals surface area contributed by atoms with Crippen molar-refractivity contribution in [3.8, 4) is 11.5 Å². The van der Waals surface area contributed by atoms with Crippen LogP contribution in [0.5, 0.6) is 11.5 Å². The zero-order valence-electron chi connectivity index (χ0n) is 15.1. The molecule has 0 saturated heterocycles. The molecule has 28 heavy (non-hydrogen) atoms. The molecule has 0 saturated carbocycles. The maximum absolute atomic E-state index is 12.4. The highest BCUT2D eigenvalue weighted by Crippen LogP contribution is 2.27. The Morgan fingerprint density at radius 2 is 1.89 bits per heavy atom. The van der Waals surface area contributed by atoms with Crippen LogP contribution in [-0.4, -0.2) is 35.4 Å². The normalized spacial score (nSPS) is 10.8. The number of hydrogen-bond acceptors (Lipinski definition) is 7. The number of fused-ring (bicyclic) bond motifs is 1. The fourth-order valence-electron chi connectivity index (χ4n) is 2.51. The van der Waals surface area contributed by atoms with Gasteiger partial charge < -0.3 is 9.47 Å². The third-order valence-corrected chi connectivity index (χ3v) is 3.73. The molecule has 2 aromatic carbocycles. The van der Waals surface area contributed by atoms with Gasteiger partial charge in [-0.3, -0.25) is 14.4 Å². The van der Waals surface area contributed by atoms with Crippen LogP contribution in [0.2, 0.25) is 0 Å². The van der Waals surface area contributed by atoms with Crippen molar-refractivity contribution in [1.82, 2.24) is 15.6 Å². The third kappa shape index (κ3) is 4.04. The molecule has 0 aliphatic heterocycles. The predicted molar refractivity (Wildman–Crippen MR) is 102 cm³/mol. The topological polar surface area (TPSA) is 123 Å². The Labute approximate surface area is 159 Å². The molecule has 0 unspecified atom stereocenters. The number of aromatic nitrogens is 2. The number of nitrogens with one attached hydrogen (secondary N) is 2. The Bertz CT molecular complexity index is 1140. The first-order valence-corrected chi connectivity index (χ1v) is 8.17. The first kappa shape index (κ1) is 18.8. The molecule has 3 aromatic rings. The Balaban J connectivity index is 1.78. The summed E-state index contributed by atoms with van der Waals surface area (Å²) in [4.78, 5) is 35.2. The Morgan fingerprint density at radius 3 is 2.61 bits per heavy atom. The van der Waals surface area contributed by atoms with E-state index in [0.29, 0.717) is 22.1 Å². The van der Waals surface area contributed by atoms with Crippen molar-refractivity contribution in [2.24, 2.45) is 5.10 Å². The van der Waals surface area contributed by atoms with Gasteiger partial charge in [0.25, 0.3) is 11.5 Å². The van der Waals surface area contributed by atoms with Gasteiger partial charge in [-0.05, 0) is 29.8 Å². The average molecular weight is 380 g/mol. The van der Waals surface area contributed by atoms with Crippen molar-refractivity contribution in [2.75, 3.05) is 7.11 Å². The van der Waals surface area contributed by atoms with E-state index in [-0.39, 0.29) is 17.0 Å². The smallest absolute Gasteiger partial charge is 0.308 e. The monoisotopic (exact) mass is 380 g/mol. The number of aromatic amines is 1. The lowest BCUT2D eigenvalue weighted by atomic mass is 10.1. The lowest BCUT2D eigenvalue weighted by Gasteiger charge is -2.08. The molecule has 142 valence electrons. The van der Waals surface area contributed by atoms with Gasteiger partial charge in [0.2, 0.25) is 0 Å². The van der Waals surface area contributed by atoms with Crippen LogP contribution in [-0.2, 0) is 4.79 Å². The third-order valence-electron chi connectivity index (χ3n) is 3.73. The second kappa shape index (κ2) is 8.12. The van der Waals surface area contributed by atoms with E-state index in [1.54, 1.807) is 42.5 Å². The van der Waals surface area contributed by atoms with Gasteiger partial charge in [0.05, 0.1) is 18.7 Å². The zero-order valence-corrected chi connectivity index (χ0v) is 15.1. The maximum atomic E-state index is 12.4. The van der Waals surface area contributed by atoms with Crippen molar-refractivity contribution in [3.05, 3.63) is 64.1 Å². The molecule has 9 heteroatoms. The molecule has 0 radical (unpaired) electrons. The highest BCUT2D eigenvalue weighted by Gasteiger charge is 2.13. The van der Waals surface area contributed by atoms with Gasteiger partial charge in [-0.1, -0.05) is 18.2 Å². The van der Waals surface area contributed by atoms with Crippen LogP contribution in [0.3, 0.4) is 0 Å². The SMILES string of the molecule is COc1cc(/C=N\NC(=O)c2n[nH]c(=O)c3ccccc23)ccc1OC(C)=O. The van der Waals surface area contributed by atoms with Crippen molar-refractivity contribution >= 4 is 28.9 Å². The highest BCUT2D eigenvalue weighted by atomic mass is 16.6. The van der Waals surface area contributed by atoms with Crippen molar-refractivity contribution in [3.63, 3.8) is 0 Å². The maximum Gasteiger partial charge on any atom is 0.308 e. The van der Waals surface area contributed by atoms with Crippen molar-refractivity contribution in [2.45, 2.75) is 6.92 Å². The summed E-state index contributed by atoms with van der Waals surface area (Å²) in [6.45, 7) is 1.29. The van der Waals surface area contributed by atoms with E-state index in [1.165, 1.54) is 20.2 Å². The molecule has 0 spiro atoms. The molecule has 1 heterocycles. The molecule has 2 N–H and O–H groups in total. The molecule has 1 amide bonds. The minimum Gasteiger partial charge on any atom is -0.493 e. The standard InChI is InChI=1S/C19H16N4O5/c1-11(24)28-15-8-7-12(9-16(15)27-2)10-20-22-19(26)17-13-5-3-4-6-14(13)18(25)23-21-17/h3-10H,1-2H3,(H,22,26)(H,23,25)/b20-10-. The minimum atomic E-state index is -0.577. The lowest BCUT2D eigenvalue weighted by Crippen LogP contribution is -2.22. The van der Waals surface area contributed by atoms with Crippen LogP contribution < -0.4 is 20.5 Å². The number of amides is 1. The summed E-state index contributed by atoms with van der Waals surface area (Å²) in [5.41, 5.74) is 2.64. The minimum absolute atomic E-state index is 0.0511. The van der Waals surface area contributed by atoms with Gasteiger partial charge >= 0.3 is 5.97 Å². The molecule has 0 atom stereocenters. The van der Waals surface area contributed by atoms with Gasteiger partial charge in [0.15, 0.2) is 17.2 Å². The molecule has 0 bridgehead atoms. The van der Waals surface area contributed by atoms with E-state index in [0.717, 1.165) is 0 Å². The van der Waals surface area contributed by atoms with Crippen LogP contribution in [0.1, 0.15) is 23.0 Å². The van der Waals surface area contributed by atoms with E-state index < -0.39 is 11.9 Å². The van der Waals surface area contributed by atoms with Gasteiger partial charge in [0.1, 0.15) is 0 Å². The molecular weight excluding hydrogens is 364 g/mol. The van der Waals surface area contributed by atoms with E-state index in [9.17, 15) is 14.4 Å². The number of hydrazone groups is 1. The second-order valence-electron chi connectivity index (χ2n) is 5.65. The molecule has 3 rings (SSSR count). The lowest BCUT2D eigenvalue weighted by molar-refractivity contribution is -0.132. The molecule has 0 aliphatic rings. The average Bonchev–Trinajstić information content (AvgIpc) is 2.69. The number of carbonyl (C=O) groups excluding carboxylic acids is 2. The van der Waals surface area contributed by atoms with Crippen LogP contribution in [0, 0.1) is 0 Å².